The Morgan fingerprint density at radius 3 is 2.21 bits per heavy atom. The van der Waals surface area contributed by atoms with E-state index < -0.39 is 0 Å². The second-order valence-corrected chi connectivity index (χ2v) is 5.78. The van der Waals surface area contributed by atoms with Crippen LogP contribution in [0, 0.1) is 5.82 Å². The van der Waals surface area contributed by atoms with Crippen molar-refractivity contribution in [3.63, 3.8) is 0 Å². The summed E-state index contributed by atoms with van der Waals surface area (Å²) >= 11 is 0. The average molecular weight is 328 g/mol. The maximum atomic E-state index is 13.0. The minimum atomic E-state index is -0.239. The molecule has 1 saturated heterocycles. The molecule has 0 bridgehead atoms. The molecule has 0 saturated carbocycles. The number of carbonyl (C=O) groups excluding carboxylic acids is 1. The third-order valence-corrected chi connectivity index (χ3v) is 4.20. The first-order valence-corrected chi connectivity index (χ1v) is 8.01. The number of amides is 2. The Morgan fingerprint density at radius 1 is 1.00 bits per heavy atom. The highest BCUT2D eigenvalue weighted by Crippen LogP contribution is 2.17. The normalized spacial score (nSPS) is 14.6. The second-order valence-electron chi connectivity index (χ2n) is 5.78. The summed E-state index contributed by atoms with van der Waals surface area (Å²) in [4.78, 5) is 16.3. The topological polar surface area (TPSA) is 61.6 Å². The van der Waals surface area contributed by atoms with Gasteiger partial charge in [-0.1, -0.05) is 12.1 Å². The van der Waals surface area contributed by atoms with E-state index in [1.807, 2.05) is 24.3 Å². The van der Waals surface area contributed by atoms with Crippen LogP contribution in [0.5, 0.6) is 0 Å². The standard InChI is InChI=1S/C18H21FN4O/c19-15-3-7-17(8-4-15)22-9-11-23(12-10-22)18(24)21-16-5-1-14(13-20)2-6-16/h1-8H,9-13,20H2,(H,21,24). The largest absolute Gasteiger partial charge is 0.368 e. The fraction of sp³-hybridized carbons (Fsp3) is 0.278. The number of rotatable bonds is 3. The van der Waals surface area contributed by atoms with Crippen molar-refractivity contribution in [1.29, 1.82) is 0 Å². The third kappa shape index (κ3) is 3.83. The van der Waals surface area contributed by atoms with Crippen LogP contribution in [0.1, 0.15) is 5.56 Å². The molecule has 0 radical (unpaired) electrons. The highest BCUT2D eigenvalue weighted by atomic mass is 19.1. The summed E-state index contributed by atoms with van der Waals surface area (Å²) in [7, 11) is 0. The molecule has 2 aromatic rings. The number of piperazine rings is 1. The van der Waals surface area contributed by atoms with Crippen LogP contribution >= 0.6 is 0 Å². The molecule has 0 unspecified atom stereocenters. The molecule has 3 rings (SSSR count). The van der Waals surface area contributed by atoms with Gasteiger partial charge in [0.1, 0.15) is 5.82 Å². The van der Waals surface area contributed by atoms with E-state index in [2.05, 4.69) is 10.2 Å². The lowest BCUT2D eigenvalue weighted by molar-refractivity contribution is 0.208. The fourth-order valence-corrected chi connectivity index (χ4v) is 2.75. The number of nitrogens with two attached hydrogens (primary N) is 1. The van der Waals surface area contributed by atoms with Gasteiger partial charge in [0.05, 0.1) is 0 Å². The lowest BCUT2D eigenvalue weighted by Gasteiger charge is -2.36. The van der Waals surface area contributed by atoms with E-state index >= 15 is 0 Å². The Balaban J connectivity index is 1.53. The van der Waals surface area contributed by atoms with Crippen LogP contribution in [0.4, 0.5) is 20.6 Å². The molecule has 2 amide bonds. The van der Waals surface area contributed by atoms with Crippen molar-refractivity contribution in [2.75, 3.05) is 36.4 Å². The van der Waals surface area contributed by atoms with Crippen molar-refractivity contribution in [3.05, 3.63) is 59.9 Å². The zero-order chi connectivity index (χ0) is 16.9. The number of nitrogens with zero attached hydrogens (tertiary/aromatic N) is 2. The quantitative estimate of drug-likeness (QED) is 0.910. The molecule has 1 heterocycles. The van der Waals surface area contributed by atoms with Gasteiger partial charge in [0.2, 0.25) is 0 Å². The van der Waals surface area contributed by atoms with Gasteiger partial charge >= 0.3 is 6.03 Å². The number of urea groups is 1. The SMILES string of the molecule is NCc1ccc(NC(=O)N2CCN(c3ccc(F)cc3)CC2)cc1. The van der Waals surface area contributed by atoms with E-state index in [0.717, 1.165) is 30.0 Å². The van der Waals surface area contributed by atoms with Crippen molar-refractivity contribution >= 4 is 17.4 Å². The van der Waals surface area contributed by atoms with Crippen molar-refractivity contribution in [2.45, 2.75) is 6.54 Å². The van der Waals surface area contributed by atoms with Crippen LogP contribution in [0.25, 0.3) is 0 Å². The van der Waals surface area contributed by atoms with Gasteiger partial charge in [0.25, 0.3) is 0 Å². The summed E-state index contributed by atoms with van der Waals surface area (Å²) in [6, 6.07) is 13.9. The van der Waals surface area contributed by atoms with Gasteiger partial charge in [-0.2, -0.15) is 0 Å². The van der Waals surface area contributed by atoms with Gasteiger partial charge < -0.3 is 20.9 Å². The van der Waals surface area contributed by atoms with Crippen LogP contribution in [-0.4, -0.2) is 37.1 Å². The minimum absolute atomic E-state index is 0.103. The molecule has 6 heteroatoms. The first-order chi connectivity index (χ1) is 11.7. The number of hydrogen-bond acceptors (Lipinski definition) is 3. The molecule has 0 aromatic heterocycles. The zero-order valence-electron chi connectivity index (χ0n) is 13.4. The van der Waals surface area contributed by atoms with E-state index in [9.17, 15) is 9.18 Å². The maximum Gasteiger partial charge on any atom is 0.321 e. The van der Waals surface area contributed by atoms with E-state index in [0.29, 0.717) is 19.6 Å². The van der Waals surface area contributed by atoms with Crippen LogP contribution in [-0.2, 0) is 6.54 Å². The summed E-state index contributed by atoms with van der Waals surface area (Å²) in [6.45, 7) is 3.20. The molecule has 3 N–H and O–H groups in total. The Hall–Kier alpha value is -2.60. The summed E-state index contributed by atoms with van der Waals surface area (Å²) in [6.07, 6.45) is 0. The number of hydrogen-bond donors (Lipinski definition) is 2. The minimum Gasteiger partial charge on any atom is -0.368 e. The zero-order valence-corrected chi connectivity index (χ0v) is 13.4. The van der Waals surface area contributed by atoms with Gasteiger partial charge in [0.15, 0.2) is 0 Å². The molecule has 0 aliphatic carbocycles. The maximum absolute atomic E-state index is 13.0. The molecule has 1 fully saturated rings. The van der Waals surface area contributed by atoms with E-state index in [4.69, 9.17) is 5.73 Å². The fourth-order valence-electron chi connectivity index (χ4n) is 2.75. The van der Waals surface area contributed by atoms with Crippen molar-refractivity contribution in [3.8, 4) is 0 Å². The number of benzene rings is 2. The van der Waals surface area contributed by atoms with Crippen LogP contribution in [0.15, 0.2) is 48.5 Å². The molecule has 126 valence electrons. The van der Waals surface area contributed by atoms with Gasteiger partial charge in [-0.25, -0.2) is 9.18 Å². The predicted molar refractivity (Wildman–Crippen MR) is 93.5 cm³/mol. The molecular formula is C18H21FN4O. The highest BCUT2D eigenvalue weighted by Gasteiger charge is 2.21. The predicted octanol–water partition coefficient (Wildman–Crippen LogP) is 2.64. The molecule has 1 aliphatic heterocycles. The first kappa shape index (κ1) is 16.3. The summed E-state index contributed by atoms with van der Waals surface area (Å²) in [5.74, 6) is -0.239. The third-order valence-electron chi connectivity index (χ3n) is 4.20. The van der Waals surface area contributed by atoms with Crippen LogP contribution in [0.3, 0.4) is 0 Å². The van der Waals surface area contributed by atoms with E-state index in [1.54, 1.807) is 17.0 Å². The second kappa shape index (κ2) is 7.31. The van der Waals surface area contributed by atoms with E-state index in [-0.39, 0.29) is 11.8 Å². The molecular weight excluding hydrogens is 307 g/mol. The smallest absolute Gasteiger partial charge is 0.321 e. The van der Waals surface area contributed by atoms with Crippen molar-refractivity contribution in [1.82, 2.24) is 4.90 Å². The van der Waals surface area contributed by atoms with E-state index in [1.165, 1.54) is 12.1 Å². The number of halogens is 1. The Morgan fingerprint density at radius 2 is 1.62 bits per heavy atom. The molecule has 0 atom stereocenters. The first-order valence-electron chi connectivity index (χ1n) is 8.01. The van der Waals surface area contributed by atoms with Gasteiger partial charge in [-0.3, -0.25) is 0 Å². The number of nitrogens with one attached hydrogen (secondary N) is 1. The summed E-state index contributed by atoms with van der Waals surface area (Å²) in [5, 5.41) is 2.90. The number of carbonyl (C=O) groups is 1. The summed E-state index contributed by atoms with van der Waals surface area (Å²) < 4.78 is 13.0. The summed E-state index contributed by atoms with van der Waals surface area (Å²) in [5.41, 5.74) is 8.34. The Labute approximate surface area is 140 Å². The highest BCUT2D eigenvalue weighted by molar-refractivity contribution is 5.89. The van der Waals surface area contributed by atoms with Crippen LogP contribution < -0.4 is 16.0 Å². The molecule has 2 aromatic carbocycles. The van der Waals surface area contributed by atoms with Crippen LogP contribution in [0.2, 0.25) is 0 Å². The Kier molecular flexibility index (Phi) is 4.96. The molecule has 0 spiro atoms. The molecule has 5 nitrogen and oxygen atoms in total. The molecule has 1 aliphatic rings. The van der Waals surface area contributed by atoms with Gasteiger partial charge in [-0.05, 0) is 42.0 Å². The average Bonchev–Trinajstić information content (AvgIpc) is 2.63. The van der Waals surface area contributed by atoms with Gasteiger partial charge in [0, 0.05) is 44.1 Å². The number of anilines is 2. The van der Waals surface area contributed by atoms with Crippen molar-refractivity contribution in [2.24, 2.45) is 5.73 Å². The van der Waals surface area contributed by atoms with Gasteiger partial charge in [-0.15, -0.1) is 0 Å². The molecule has 24 heavy (non-hydrogen) atoms. The lowest BCUT2D eigenvalue weighted by Crippen LogP contribution is -2.50. The monoisotopic (exact) mass is 328 g/mol. The lowest BCUT2D eigenvalue weighted by atomic mass is 10.2. The van der Waals surface area contributed by atoms with Crippen molar-refractivity contribution < 1.29 is 9.18 Å². The Bertz CT molecular complexity index is 679.